The summed E-state index contributed by atoms with van der Waals surface area (Å²) in [6.45, 7) is -0.479. The zero-order chi connectivity index (χ0) is 18.4. The standard InChI is InChI=1S/C17H16N2O6/c1-18-14-7-6-12(9-15(14)19(22)23)17(21)25-10-16(20)11-4-3-5-13(8-11)24-2/h3-9,18H,10H2,1-2H3. The van der Waals surface area contributed by atoms with Crippen LogP contribution in [0.2, 0.25) is 0 Å². The molecule has 0 saturated carbocycles. The molecule has 8 heteroatoms. The van der Waals surface area contributed by atoms with E-state index < -0.39 is 23.3 Å². The Balaban J connectivity index is 2.08. The van der Waals surface area contributed by atoms with Crippen LogP contribution in [-0.2, 0) is 4.74 Å². The van der Waals surface area contributed by atoms with Crippen molar-refractivity contribution in [3.63, 3.8) is 0 Å². The molecule has 8 nitrogen and oxygen atoms in total. The highest BCUT2D eigenvalue weighted by molar-refractivity contribution is 5.99. The highest BCUT2D eigenvalue weighted by atomic mass is 16.6. The zero-order valence-electron chi connectivity index (χ0n) is 13.6. The predicted octanol–water partition coefficient (Wildman–Crippen LogP) is 2.68. The number of carbonyl (C=O) groups is 2. The van der Waals surface area contributed by atoms with Crippen LogP contribution in [0.15, 0.2) is 42.5 Å². The Hall–Kier alpha value is -3.42. The van der Waals surface area contributed by atoms with Crippen molar-refractivity contribution in [1.29, 1.82) is 0 Å². The summed E-state index contributed by atoms with van der Waals surface area (Å²) in [7, 11) is 3.01. The molecule has 0 fully saturated rings. The third-order valence-electron chi connectivity index (χ3n) is 3.43. The molecule has 0 saturated heterocycles. The molecular weight excluding hydrogens is 328 g/mol. The second kappa shape index (κ2) is 7.91. The molecule has 0 aromatic heterocycles. The van der Waals surface area contributed by atoms with Gasteiger partial charge in [0.05, 0.1) is 17.6 Å². The number of rotatable bonds is 7. The van der Waals surface area contributed by atoms with E-state index in [1.165, 1.54) is 32.4 Å². The maximum atomic E-state index is 12.1. The lowest BCUT2D eigenvalue weighted by Crippen LogP contribution is -2.14. The van der Waals surface area contributed by atoms with Gasteiger partial charge < -0.3 is 14.8 Å². The zero-order valence-corrected chi connectivity index (χ0v) is 13.6. The van der Waals surface area contributed by atoms with E-state index in [2.05, 4.69) is 5.32 Å². The minimum absolute atomic E-state index is 0.0101. The van der Waals surface area contributed by atoms with Crippen molar-refractivity contribution >= 4 is 23.1 Å². The number of benzene rings is 2. The summed E-state index contributed by atoms with van der Waals surface area (Å²) >= 11 is 0. The van der Waals surface area contributed by atoms with Crippen molar-refractivity contribution in [3.05, 3.63) is 63.7 Å². The fraction of sp³-hybridized carbons (Fsp3) is 0.176. The fourth-order valence-corrected chi connectivity index (χ4v) is 2.12. The Labute approximate surface area is 143 Å². The number of ketones is 1. The van der Waals surface area contributed by atoms with E-state index in [4.69, 9.17) is 9.47 Å². The van der Waals surface area contributed by atoms with E-state index >= 15 is 0 Å². The molecule has 2 aromatic rings. The number of hydrogen-bond acceptors (Lipinski definition) is 7. The van der Waals surface area contributed by atoms with Crippen LogP contribution in [0.3, 0.4) is 0 Å². The number of Topliss-reactive ketones (excluding diaryl/α,β-unsaturated/α-hetero) is 1. The number of esters is 1. The third kappa shape index (κ3) is 4.31. The molecular formula is C17H16N2O6. The number of anilines is 1. The monoisotopic (exact) mass is 344 g/mol. The molecule has 0 spiro atoms. The predicted molar refractivity (Wildman–Crippen MR) is 90.3 cm³/mol. The van der Waals surface area contributed by atoms with Gasteiger partial charge in [0.1, 0.15) is 11.4 Å². The van der Waals surface area contributed by atoms with Gasteiger partial charge in [-0.05, 0) is 24.3 Å². The summed E-state index contributed by atoms with van der Waals surface area (Å²) < 4.78 is 9.98. The number of methoxy groups -OCH3 is 1. The van der Waals surface area contributed by atoms with Gasteiger partial charge in [0.25, 0.3) is 5.69 Å². The van der Waals surface area contributed by atoms with Crippen LogP contribution in [0.4, 0.5) is 11.4 Å². The van der Waals surface area contributed by atoms with Crippen LogP contribution < -0.4 is 10.1 Å². The van der Waals surface area contributed by atoms with Crippen molar-refractivity contribution in [2.24, 2.45) is 0 Å². The molecule has 0 aliphatic heterocycles. The quantitative estimate of drug-likeness (QED) is 0.356. The number of hydrogen-bond donors (Lipinski definition) is 1. The van der Waals surface area contributed by atoms with E-state index in [-0.39, 0.29) is 16.9 Å². The summed E-state index contributed by atoms with van der Waals surface area (Å²) in [4.78, 5) is 34.5. The van der Waals surface area contributed by atoms with Crippen molar-refractivity contribution in [2.45, 2.75) is 0 Å². The smallest absolute Gasteiger partial charge is 0.338 e. The van der Waals surface area contributed by atoms with Crippen molar-refractivity contribution in [1.82, 2.24) is 0 Å². The first kappa shape index (κ1) is 17.9. The van der Waals surface area contributed by atoms with Gasteiger partial charge in [0, 0.05) is 18.7 Å². The second-order valence-corrected chi connectivity index (χ2v) is 4.97. The van der Waals surface area contributed by atoms with Crippen molar-refractivity contribution < 1.29 is 24.0 Å². The molecule has 2 rings (SSSR count). The van der Waals surface area contributed by atoms with Gasteiger partial charge in [-0.3, -0.25) is 14.9 Å². The Morgan fingerprint density at radius 3 is 2.56 bits per heavy atom. The second-order valence-electron chi connectivity index (χ2n) is 4.97. The Bertz CT molecular complexity index is 819. The number of ether oxygens (including phenoxy) is 2. The number of nitro groups is 1. The van der Waals surface area contributed by atoms with Gasteiger partial charge in [-0.2, -0.15) is 0 Å². The van der Waals surface area contributed by atoms with Crippen LogP contribution in [0.1, 0.15) is 20.7 Å². The summed E-state index contributed by atoms with van der Waals surface area (Å²) in [6, 6.07) is 10.3. The van der Waals surface area contributed by atoms with Crippen LogP contribution in [0.5, 0.6) is 5.75 Å². The van der Waals surface area contributed by atoms with Crippen molar-refractivity contribution in [2.75, 3.05) is 26.1 Å². The van der Waals surface area contributed by atoms with E-state index in [9.17, 15) is 19.7 Å². The maximum absolute atomic E-state index is 12.1. The first-order valence-electron chi connectivity index (χ1n) is 7.27. The van der Waals surface area contributed by atoms with Gasteiger partial charge in [0.2, 0.25) is 0 Å². The lowest BCUT2D eigenvalue weighted by molar-refractivity contribution is -0.384. The number of carbonyl (C=O) groups excluding carboxylic acids is 2. The van der Waals surface area contributed by atoms with Crippen LogP contribution in [0, 0.1) is 10.1 Å². The lowest BCUT2D eigenvalue weighted by Gasteiger charge is -2.07. The normalized spacial score (nSPS) is 10.0. The van der Waals surface area contributed by atoms with E-state index in [0.717, 1.165) is 6.07 Å². The minimum atomic E-state index is -0.818. The minimum Gasteiger partial charge on any atom is -0.497 e. The molecule has 0 bridgehead atoms. The molecule has 25 heavy (non-hydrogen) atoms. The molecule has 0 heterocycles. The van der Waals surface area contributed by atoms with Crippen LogP contribution >= 0.6 is 0 Å². The maximum Gasteiger partial charge on any atom is 0.338 e. The molecule has 0 aliphatic carbocycles. The van der Waals surface area contributed by atoms with E-state index in [1.54, 1.807) is 18.2 Å². The Kier molecular flexibility index (Phi) is 5.67. The molecule has 130 valence electrons. The summed E-state index contributed by atoms with van der Waals surface area (Å²) in [5, 5.41) is 13.7. The topological polar surface area (TPSA) is 108 Å². The Morgan fingerprint density at radius 1 is 1.16 bits per heavy atom. The highest BCUT2D eigenvalue weighted by Gasteiger charge is 2.18. The largest absolute Gasteiger partial charge is 0.497 e. The van der Waals surface area contributed by atoms with Gasteiger partial charge in [-0.25, -0.2) is 4.79 Å². The van der Waals surface area contributed by atoms with Gasteiger partial charge in [-0.1, -0.05) is 12.1 Å². The van der Waals surface area contributed by atoms with Crippen LogP contribution in [-0.4, -0.2) is 37.4 Å². The third-order valence-corrected chi connectivity index (χ3v) is 3.43. The van der Waals surface area contributed by atoms with Gasteiger partial charge in [0.15, 0.2) is 12.4 Å². The fourth-order valence-electron chi connectivity index (χ4n) is 2.12. The van der Waals surface area contributed by atoms with E-state index in [1.807, 2.05) is 0 Å². The van der Waals surface area contributed by atoms with Crippen LogP contribution in [0.25, 0.3) is 0 Å². The molecule has 1 N–H and O–H groups in total. The SMILES string of the molecule is CNc1ccc(C(=O)OCC(=O)c2cccc(OC)c2)cc1[N+](=O)[O-]. The number of nitrogens with one attached hydrogen (secondary N) is 1. The number of nitrogens with zero attached hydrogens (tertiary/aromatic N) is 1. The summed E-state index contributed by atoms with van der Waals surface area (Å²) in [5.41, 5.74) is 0.345. The molecule has 0 unspecified atom stereocenters. The summed E-state index contributed by atoms with van der Waals surface area (Å²) in [5.74, 6) is -0.717. The van der Waals surface area contributed by atoms with Gasteiger partial charge in [-0.15, -0.1) is 0 Å². The Morgan fingerprint density at radius 2 is 1.92 bits per heavy atom. The lowest BCUT2D eigenvalue weighted by atomic mass is 10.1. The first-order valence-corrected chi connectivity index (χ1v) is 7.27. The number of nitro benzene ring substituents is 1. The molecule has 0 amide bonds. The summed E-state index contributed by atoms with van der Waals surface area (Å²) in [6.07, 6.45) is 0. The molecule has 0 radical (unpaired) electrons. The van der Waals surface area contributed by atoms with E-state index in [0.29, 0.717) is 11.3 Å². The first-order chi connectivity index (χ1) is 12.0. The average Bonchev–Trinajstić information content (AvgIpc) is 2.65. The average molecular weight is 344 g/mol. The van der Waals surface area contributed by atoms with Crippen molar-refractivity contribution in [3.8, 4) is 5.75 Å². The molecule has 2 aromatic carbocycles. The molecule has 0 atom stereocenters. The molecule has 0 aliphatic rings. The van der Waals surface area contributed by atoms with Gasteiger partial charge >= 0.3 is 5.97 Å². The highest BCUT2D eigenvalue weighted by Crippen LogP contribution is 2.25.